The number of benzene rings is 1. The Hall–Kier alpha value is -2.35. The highest BCUT2D eigenvalue weighted by Crippen LogP contribution is 2.47. The summed E-state index contributed by atoms with van der Waals surface area (Å²) in [6.45, 7) is 10.2. The third kappa shape index (κ3) is 7.86. The molecule has 6 nitrogen and oxygen atoms in total. The zero-order valence-corrected chi connectivity index (χ0v) is 23.8. The molecule has 2 atom stereocenters. The van der Waals surface area contributed by atoms with Crippen LogP contribution in [0.3, 0.4) is 0 Å². The van der Waals surface area contributed by atoms with Crippen molar-refractivity contribution >= 4 is 20.1 Å². The topological polar surface area (TPSA) is 59.1 Å². The average molecular weight is 589 g/mol. The van der Waals surface area contributed by atoms with E-state index in [1.165, 1.54) is 4.90 Å². The molecule has 0 spiro atoms. The summed E-state index contributed by atoms with van der Waals surface area (Å²) in [5.41, 5.74) is 0.952. The van der Waals surface area contributed by atoms with Crippen molar-refractivity contribution < 1.29 is 49.5 Å². The number of hydrogen-bond acceptors (Lipinski definition) is 4. The van der Waals surface area contributed by atoms with E-state index >= 15 is 0 Å². The van der Waals surface area contributed by atoms with Crippen LogP contribution in [0, 0.1) is 6.92 Å². The molecule has 0 saturated carbocycles. The van der Waals surface area contributed by atoms with Gasteiger partial charge in [-0.25, -0.2) is 0 Å². The lowest BCUT2D eigenvalue weighted by atomic mass is 10.1. The highest BCUT2D eigenvalue weighted by atomic mass is 28.4. The number of amides is 2. The lowest BCUT2D eigenvalue weighted by molar-refractivity contribution is -0.346. The average Bonchev–Trinajstić information content (AvgIpc) is 3.27. The number of aryl methyl sites for hydroxylation is 1. The summed E-state index contributed by atoms with van der Waals surface area (Å²) in [4.78, 5) is 27.2. The van der Waals surface area contributed by atoms with Gasteiger partial charge in [0.05, 0.1) is 6.10 Å². The van der Waals surface area contributed by atoms with E-state index in [-0.39, 0.29) is 30.9 Å². The smallest absolute Gasteiger partial charge is 0.460 e. The highest BCUT2D eigenvalue weighted by Gasteiger charge is 2.77. The quantitative estimate of drug-likeness (QED) is 0.248. The fourth-order valence-electron chi connectivity index (χ4n) is 4.24. The van der Waals surface area contributed by atoms with Gasteiger partial charge in [-0.05, 0) is 71.0 Å². The van der Waals surface area contributed by atoms with Crippen LogP contribution in [0.15, 0.2) is 24.3 Å². The number of carbonyl (C=O) groups excluding carboxylic acids is 2. The monoisotopic (exact) mass is 588 g/mol. The standard InChI is InChI=1S/C25H35F7N2O4Si/c1-16(2)34(14-19(38-39(4,5)6)15-37-18-10-7-9-17(3)13-18)21(35)20-11-8-12-33(20)22(36)23(26,27)24(28,29)25(30,31)32/h7,9-10,13,16,19-20H,8,11-12,14-15H2,1-6H3/t19?,20-/m0/s1. The largest absolute Gasteiger partial charge is 0.491 e. The van der Waals surface area contributed by atoms with Gasteiger partial charge in [0.1, 0.15) is 18.4 Å². The van der Waals surface area contributed by atoms with Crippen LogP contribution < -0.4 is 4.74 Å². The maximum atomic E-state index is 14.2. The van der Waals surface area contributed by atoms with Gasteiger partial charge >= 0.3 is 23.9 Å². The van der Waals surface area contributed by atoms with E-state index in [9.17, 15) is 40.3 Å². The van der Waals surface area contributed by atoms with Crippen LogP contribution in [-0.2, 0) is 14.0 Å². The van der Waals surface area contributed by atoms with Gasteiger partial charge in [0, 0.05) is 19.1 Å². The van der Waals surface area contributed by atoms with Crippen molar-refractivity contribution in [3.05, 3.63) is 29.8 Å². The zero-order chi connectivity index (χ0) is 30.0. The molecule has 39 heavy (non-hydrogen) atoms. The summed E-state index contributed by atoms with van der Waals surface area (Å²) in [6, 6.07) is 5.05. The molecule has 2 rings (SSSR count). The summed E-state index contributed by atoms with van der Waals surface area (Å²) in [7, 11) is -2.20. The summed E-state index contributed by atoms with van der Waals surface area (Å²) >= 11 is 0. The molecule has 1 fully saturated rings. The van der Waals surface area contributed by atoms with E-state index in [1.54, 1.807) is 32.0 Å². The second-order valence-corrected chi connectivity index (χ2v) is 15.3. The first-order valence-electron chi connectivity index (χ1n) is 12.5. The zero-order valence-electron chi connectivity index (χ0n) is 22.8. The van der Waals surface area contributed by atoms with Crippen molar-refractivity contribution in [2.75, 3.05) is 19.7 Å². The summed E-state index contributed by atoms with van der Waals surface area (Å²) in [5, 5.41) is 0. The van der Waals surface area contributed by atoms with Crippen LogP contribution in [0.2, 0.25) is 19.6 Å². The number of ether oxygens (including phenoxy) is 1. The summed E-state index contributed by atoms with van der Waals surface area (Å²) in [5.74, 6) is -15.7. The molecule has 2 amide bonds. The third-order valence-corrected chi connectivity index (χ3v) is 7.11. The SMILES string of the molecule is Cc1cccc(OCC(CN(C(=O)[C@@H]2CCCN2C(=O)C(F)(F)C(F)(F)C(F)(F)F)C(C)C)O[Si](C)(C)C)c1. The van der Waals surface area contributed by atoms with Gasteiger partial charge < -0.3 is 19.0 Å². The van der Waals surface area contributed by atoms with Gasteiger partial charge in [0.2, 0.25) is 5.91 Å². The second kappa shape index (κ2) is 12.0. The summed E-state index contributed by atoms with van der Waals surface area (Å²) in [6.07, 6.45) is -7.52. The Morgan fingerprint density at radius 2 is 1.72 bits per heavy atom. The minimum absolute atomic E-state index is 0.0208. The summed E-state index contributed by atoms with van der Waals surface area (Å²) < 4.78 is 106. The van der Waals surface area contributed by atoms with E-state index in [1.807, 2.05) is 32.6 Å². The van der Waals surface area contributed by atoms with Crippen LogP contribution >= 0.6 is 0 Å². The first kappa shape index (κ1) is 32.9. The first-order valence-corrected chi connectivity index (χ1v) is 15.9. The molecule has 0 aromatic heterocycles. The number of alkyl halides is 7. The minimum Gasteiger partial charge on any atom is -0.491 e. The number of likely N-dealkylation sites (tertiary alicyclic amines) is 1. The molecule has 1 unspecified atom stereocenters. The molecular weight excluding hydrogens is 553 g/mol. The molecule has 1 aromatic carbocycles. The molecule has 0 bridgehead atoms. The minimum atomic E-state index is -6.66. The lowest BCUT2D eigenvalue weighted by Crippen LogP contribution is -2.62. The Morgan fingerprint density at radius 1 is 1.10 bits per heavy atom. The van der Waals surface area contributed by atoms with E-state index in [0.717, 1.165) is 5.56 Å². The Bertz CT molecular complexity index is 1010. The van der Waals surface area contributed by atoms with Crippen molar-refractivity contribution in [2.45, 2.75) is 89.5 Å². The van der Waals surface area contributed by atoms with Crippen LogP contribution in [0.1, 0.15) is 32.3 Å². The maximum absolute atomic E-state index is 14.2. The van der Waals surface area contributed by atoms with Crippen molar-refractivity contribution in [1.82, 2.24) is 9.80 Å². The van der Waals surface area contributed by atoms with Gasteiger partial charge in [-0.1, -0.05) is 12.1 Å². The van der Waals surface area contributed by atoms with E-state index in [0.29, 0.717) is 5.75 Å². The second-order valence-electron chi connectivity index (χ2n) is 10.9. The molecule has 1 aliphatic rings. The first-order chi connectivity index (χ1) is 17.7. The molecule has 0 aliphatic carbocycles. The van der Waals surface area contributed by atoms with E-state index in [4.69, 9.17) is 9.16 Å². The molecule has 0 radical (unpaired) electrons. The molecule has 1 aliphatic heterocycles. The number of rotatable bonds is 11. The van der Waals surface area contributed by atoms with E-state index < -0.39 is 62.9 Å². The number of hydrogen-bond donors (Lipinski definition) is 0. The van der Waals surface area contributed by atoms with E-state index in [2.05, 4.69) is 0 Å². The van der Waals surface area contributed by atoms with Crippen molar-refractivity contribution in [3.8, 4) is 5.75 Å². The van der Waals surface area contributed by atoms with Crippen LogP contribution in [0.5, 0.6) is 5.75 Å². The Balaban J connectivity index is 2.28. The van der Waals surface area contributed by atoms with Crippen LogP contribution in [0.25, 0.3) is 0 Å². The Labute approximate surface area is 224 Å². The normalized spacial score (nSPS) is 17.9. The number of nitrogens with zero attached hydrogens (tertiary/aromatic N) is 2. The third-order valence-electron chi connectivity index (χ3n) is 6.07. The molecule has 1 aromatic rings. The molecule has 222 valence electrons. The highest BCUT2D eigenvalue weighted by molar-refractivity contribution is 6.69. The fourth-order valence-corrected chi connectivity index (χ4v) is 5.39. The Morgan fingerprint density at radius 3 is 2.23 bits per heavy atom. The fraction of sp³-hybridized carbons (Fsp3) is 0.680. The predicted molar refractivity (Wildman–Crippen MR) is 132 cm³/mol. The predicted octanol–water partition coefficient (Wildman–Crippen LogP) is 5.65. The molecule has 1 heterocycles. The molecular formula is C25H35F7N2O4Si. The van der Waals surface area contributed by atoms with Gasteiger partial charge in [-0.3, -0.25) is 9.59 Å². The number of carbonyl (C=O) groups is 2. The van der Waals surface area contributed by atoms with Crippen molar-refractivity contribution in [1.29, 1.82) is 0 Å². The van der Waals surface area contributed by atoms with Crippen molar-refractivity contribution in [3.63, 3.8) is 0 Å². The lowest BCUT2D eigenvalue weighted by Gasteiger charge is -2.38. The maximum Gasteiger partial charge on any atom is 0.460 e. The van der Waals surface area contributed by atoms with Gasteiger partial charge in [0.15, 0.2) is 8.32 Å². The molecule has 14 heteroatoms. The van der Waals surface area contributed by atoms with Gasteiger partial charge in [-0.2, -0.15) is 30.7 Å². The Kier molecular flexibility index (Phi) is 10.1. The van der Waals surface area contributed by atoms with Gasteiger partial charge in [-0.15, -0.1) is 0 Å². The molecule has 0 N–H and O–H groups in total. The van der Waals surface area contributed by atoms with Crippen LogP contribution in [0.4, 0.5) is 30.7 Å². The molecule has 1 saturated heterocycles. The number of halogens is 7. The van der Waals surface area contributed by atoms with Crippen LogP contribution in [-0.4, -0.2) is 85.8 Å². The van der Waals surface area contributed by atoms with Crippen molar-refractivity contribution in [2.24, 2.45) is 0 Å². The van der Waals surface area contributed by atoms with Gasteiger partial charge in [0.25, 0.3) is 0 Å².